The standard InChI is InChI=1S/C21H35N5/c1-4-5-6-7-8-9-13-16-22-19-24-20(26-21(2,3)25-19)23-17-18-14-11-10-12-15-18/h10-12,14-15H,4-9,13,16-17H2,1-3H3,(H3,22,23,24,25,26). The van der Waals surface area contributed by atoms with Crippen molar-refractivity contribution < 1.29 is 0 Å². The molecular weight excluding hydrogens is 322 g/mol. The fourth-order valence-electron chi connectivity index (χ4n) is 2.97. The van der Waals surface area contributed by atoms with E-state index in [9.17, 15) is 0 Å². The normalized spacial score (nSPS) is 19.0. The van der Waals surface area contributed by atoms with Crippen LogP contribution in [0.1, 0.15) is 71.3 Å². The zero-order chi connectivity index (χ0) is 18.7. The lowest BCUT2D eigenvalue weighted by molar-refractivity contribution is 0.403. The van der Waals surface area contributed by atoms with Gasteiger partial charge in [-0.15, -0.1) is 0 Å². The van der Waals surface area contributed by atoms with E-state index >= 15 is 0 Å². The summed E-state index contributed by atoms with van der Waals surface area (Å²) in [5.41, 5.74) is 0.932. The molecule has 2 rings (SSSR count). The number of hydrogen-bond acceptors (Lipinski definition) is 2. The predicted octanol–water partition coefficient (Wildman–Crippen LogP) is 4.17. The smallest absolute Gasteiger partial charge is 0.200 e. The molecule has 0 atom stereocenters. The highest BCUT2D eigenvalue weighted by Crippen LogP contribution is 2.07. The lowest BCUT2D eigenvalue weighted by Gasteiger charge is -2.36. The Morgan fingerprint density at radius 1 is 0.808 bits per heavy atom. The van der Waals surface area contributed by atoms with Crippen molar-refractivity contribution in [3.8, 4) is 0 Å². The molecule has 1 aliphatic rings. The van der Waals surface area contributed by atoms with Crippen LogP contribution in [-0.4, -0.2) is 24.1 Å². The summed E-state index contributed by atoms with van der Waals surface area (Å²) < 4.78 is 0. The van der Waals surface area contributed by atoms with E-state index in [-0.39, 0.29) is 5.66 Å². The molecule has 0 spiro atoms. The molecule has 0 bridgehead atoms. The Kier molecular flexibility index (Phi) is 8.45. The van der Waals surface area contributed by atoms with E-state index in [1.54, 1.807) is 0 Å². The van der Waals surface area contributed by atoms with E-state index < -0.39 is 0 Å². The van der Waals surface area contributed by atoms with Crippen LogP contribution < -0.4 is 16.0 Å². The molecule has 0 aliphatic carbocycles. The Labute approximate surface area is 158 Å². The summed E-state index contributed by atoms with van der Waals surface area (Å²) >= 11 is 0. The molecule has 0 saturated carbocycles. The molecule has 5 heteroatoms. The van der Waals surface area contributed by atoms with Crippen LogP contribution in [0.5, 0.6) is 0 Å². The number of benzene rings is 1. The van der Waals surface area contributed by atoms with Crippen molar-refractivity contribution in [1.29, 1.82) is 0 Å². The highest BCUT2D eigenvalue weighted by atomic mass is 15.4. The van der Waals surface area contributed by atoms with E-state index in [1.807, 2.05) is 18.2 Å². The Bertz CT molecular complexity index is 577. The number of unbranched alkanes of at least 4 members (excludes halogenated alkanes) is 6. The van der Waals surface area contributed by atoms with E-state index in [0.717, 1.165) is 24.9 Å². The molecule has 0 radical (unpaired) electrons. The van der Waals surface area contributed by atoms with Gasteiger partial charge in [0.25, 0.3) is 0 Å². The van der Waals surface area contributed by atoms with Gasteiger partial charge in [0.05, 0.1) is 6.54 Å². The zero-order valence-corrected chi connectivity index (χ0v) is 16.6. The quantitative estimate of drug-likeness (QED) is 0.551. The predicted molar refractivity (Wildman–Crippen MR) is 111 cm³/mol. The van der Waals surface area contributed by atoms with Gasteiger partial charge in [-0.05, 0) is 25.8 Å². The molecule has 0 unspecified atom stereocenters. The fraction of sp³-hybridized carbons (Fsp3) is 0.619. The molecule has 144 valence electrons. The number of rotatable bonds is 10. The van der Waals surface area contributed by atoms with Crippen LogP contribution >= 0.6 is 0 Å². The minimum absolute atomic E-state index is 0.264. The molecule has 1 fully saturated rings. The van der Waals surface area contributed by atoms with Crippen molar-refractivity contribution in [1.82, 2.24) is 16.0 Å². The monoisotopic (exact) mass is 357 g/mol. The third-order valence-electron chi connectivity index (χ3n) is 4.39. The minimum Gasteiger partial charge on any atom is -0.334 e. The molecule has 1 aliphatic heterocycles. The van der Waals surface area contributed by atoms with E-state index in [1.165, 1.54) is 44.1 Å². The lowest BCUT2D eigenvalue weighted by Crippen LogP contribution is -2.68. The highest BCUT2D eigenvalue weighted by Gasteiger charge is 2.26. The zero-order valence-electron chi connectivity index (χ0n) is 16.6. The van der Waals surface area contributed by atoms with E-state index in [0.29, 0.717) is 6.54 Å². The number of nitrogens with one attached hydrogen (secondary N) is 3. The summed E-state index contributed by atoms with van der Waals surface area (Å²) in [7, 11) is 0. The summed E-state index contributed by atoms with van der Waals surface area (Å²) in [4.78, 5) is 9.35. The molecule has 0 aromatic heterocycles. The fourth-order valence-corrected chi connectivity index (χ4v) is 2.97. The van der Waals surface area contributed by atoms with Crippen LogP contribution in [0.4, 0.5) is 0 Å². The Hall–Kier alpha value is -2.04. The highest BCUT2D eigenvalue weighted by molar-refractivity contribution is 6.01. The topological polar surface area (TPSA) is 60.8 Å². The number of aliphatic imine (C=N–C) groups is 2. The van der Waals surface area contributed by atoms with Crippen molar-refractivity contribution in [3.05, 3.63) is 35.9 Å². The Morgan fingerprint density at radius 2 is 1.42 bits per heavy atom. The summed E-state index contributed by atoms with van der Waals surface area (Å²) in [6.07, 6.45) is 9.12. The summed E-state index contributed by atoms with van der Waals surface area (Å²) in [6.45, 7) is 7.95. The number of nitrogens with zero attached hydrogens (tertiary/aromatic N) is 2. The van der Waals surface area contributed by atoms with Crippen molar-refractivity contribution in [3.63, 3.8) is 0 Å². The van der Waals surface area contributed by atoms with Gasteiger partial charge < -0.3 is 10.6 Å². The molecular formula is C21H35N5. The van der Waals surface area contributed by atoms with Crippen LogP contribution in [0.15, 0.2) is 40.3 Å². The maximum absolute atomic E-state index is 4.69. The van der Waals surface area contributed by atoms with Crippen molar-refractivity contribution in [2.75, 3.05) is 6.54 Å². The number of guanidine groups is 2. The van der Waals surface area contributed by atoms with Crippen molar-refractivity contribution in [2.24, 2.45) is 9.98 Å². The Morgan fingerprint density at radius 3 is 2.12 bits per heavy atom. The third-order valence-corrected chi connectivity index (χ3v) is 4.39. The van der Waals surface area contributed by atoms with E-state index in [4.69, 9.17) is 4.99 Å². The molecule has 1 aromatic carbocycles. The van der Waals surface area contributed by atoms with Crippen LogP contribution in [0.2, 0.25) is 0 Å². The average Bonchev–Trinajstić information content (AvgIpc) is 2.62. The second-order valence-electron chi connectivity index (χ2n) is 7.50. The summed E-state index contributed by atoms with van der Waals surface area (Å²) in [6, 6.07) is 10.3. The average molecular weight is 358 g/mol. The first-order valence-corrected chi connectivity index (χ1v) is 10.1. The van der Waals surface area contributed by atoms with Crippen LogP contribution in [-0.2, 0) is 6.54 Å². The molecule has 3 N–H and O–H groups in total. The molecule has 0 amide bonds. The van der Waals surface area contributed by atoms with Crippen molar-refractivity contribution in [2.45, 2.75) is 77.9 Å². The van der Waals surface area contributed by atoms with Gasteiger partial charge >= 0.3 is 0 Å². The van der Waals surface area contributed by atoms with Crippen LogP contribution in [0.25, 0.3) is 0 Å². The third kappa shape index (κ3) is 7.89. The van der Waals surface area contributed by atoms with Gasteiger partial charge in [-0.1, -0.05) is 75.8 Å². The van der Waals surface area contributed by atoms with Gasteiger partial charge in [0.2, 0.25) is 0 Å². The van der Waals surface area contributed by atoms with Gasteiger partial charge in [-0.25, -0.2) is 4.99 Å². The first-order chi connectivity index (χ1) is 12.6. The summed E-state index contributed by atoms with van der Waals surface area (Å²) in [5, 5.41) is 10.0. The minimum atomic E-state index is -0.264. The Balaban J connectivity index is 1.79. The SMILES string of the molecule is CCCCCCCCCN=C1NC(=NCc2ccccc2)NC(C)(C)N1. The van der Waals surface area contributed by atoms with Gasteiger partial charge in [0.1, 0.15) is 5.66 Å². The van der Waals surface area contributed by atoms with Gasteiger partial charge in [-0.2, -0.15) is 0 Å². The molecule has 1 aromatic rings. The van der Waals surface area contributed by atoms with Crippen LogP contribution in [0.3, 0.4) is 0 Å². The lowest BCUT2D eigenvalue weighted by atomic mass is 10.1. The van der Waals surface area contributed by atoms with Gasteiger partial charge in [0, 0.05) is 6.54 Å². The second-order valence-corrected chi connectivity index (χ2v) is 7.50. The first kappa shape index (κ1) is 20.3. The van der Waals surface area contributed by atoms with Crippen LogP contribution in [0, 0.1) is 0 Å². The van der Waals surface area contributed by atoms with Gasteiger partial charge in [0.15, 0.2) is 11.9 Å². The molecule has 1 saturated heterocycles. The molecule has 1 heterocycles. The second kappa shape index (κ2) is 10.8. The maximum Gasteiger partial charge on any atom is 0.200 e. The maximum atomic E-state index is 4.69. The number of hydrogen-bond donors (Lipinski definition) is 3. The van der Waals surface area contributed by atoms with Crippen molar-refractivity contribution >= 4 is 11.9 Å². The molecule has 26 heavy (non-hydrogen) atoms. The van der Waals surface area contributed by atoms with Gasteiger partial charge in [-0.3, -0.25) is 10.3 Å². The molecule has 5 nitrogen and oxygen atoms in total. The van der Waals surface area contributed by atoms with E-state index in [2.05, 4.69) is 53.8 Å². The largest absolute Gasteiger partial charge is 0.334 e. The first-order valence-electron chi connectivity index (χ1n) is 10.1. The summed E-state index contributed by atoms with van der Waals surface area (Å²) in [5.74, 6) is 1.59.